The minimum Gasteiger partial charge on any atom is -0.406 e. The number of halogens is 6. The van der Waals surface area contributed by atoms with Crippen molar-refractivity contribution in [2.24, 2.45) is 0 Å². The molecule has 3 rings (SSSR count). The molecule has 1 heterocycles. The topological polar surface area (TPSA) is 80.6 Å². The van der Waals surface area contributed by atoms with Gasteiger partial charge >= 0.3 is 6.36 Å². The fraction of sp³-hybridized carbons (Fsp3) is 0.222. The molecule has 0 bridgehead atoms. The van der Waals surface area contributed by atoms with Gasteiger partial charge in [0, 0.05) is 12.1 Å². The minimum atomic E-state index is -4.84. The molecule has 1 aliphatic rings. The molecule has 0 aliphatic carbocycles. The van der Waals surface area contributed by atoms with Gasteiger partial charge in [-0.15, -0.1) is 18.7 Å². The molecule has 1 unspecified atom stereocenters. The van der Waals surface area contributed by atoms with Gasteiger partial charge in [0.15, 0.2) is 5.82 Å². The first kappa shape index (κ1) is 22.7. The summed E-state index contributed by atoms with van der Waals surface area (Å²) in [5, 5.41) is 13.9. The second-order valence-corrected chi connectivity index (χ2v) is 7.20. The van der Waals surface area contributed by atoms with E-state index in [0.717, 1.165) is 17.1 Å². The number of carbonyl (C=O) groups is 1. The van der Waals surface area contributed by atoms with Crippen molar-refractivity contribution in [2.45, 2.75) is 19.3 Å². The van der Waals surface area contributed by atoms with Crippen LogP contribution in [0.2, 0.25) is 10.0 Å². The van der Waals surface area contributed by atoms with Crippen LogP contribution in [0.1, 0.15) is 17.3 Å². The summed E-state index contributed by atoms with van der Waals surface area (Å²) in [6.45, 7) is 1.61. The molecular formula is C18H13Cl2F4N5O2. The summed E-state index contributed by atoms with van der Waals surface area (Å²) < 4.78 is 55.0. The highest BCUT2D eigenvalue weighted by atomic mass is 35.5. The van der Waals surface area contributed by atoms with E-state index in [1.807, 2.05) is 6.19 Å². The van der Waals surface area contributed by atoms with Crippen LogP contribution in [0.4, 0.5) is 28.9 Å². The Bertz CT molecular complexity index is 1040. The lowest BCUT2D eigenvalue weighted by Crippen LogP contribution is -2.51. The van der Waals surface area contributed by atoms with Gasteiger partial charge in [-0.2, -0.15) is 10.3 Å². The van der Waals surface area contributed by atoms with Crippen molar-refractivity contribution in [3.63, 3.8) is 0 Å². The van der Waals surface area contributed by atoms with Gasteiger partial charge in [0.05, 0.1) is 16.1 Å². The van der Waals surface area contributed by atoms with Crippen LogP contribution in [0.25, 0.3) is 0 Å². The number of hydrogen-bond donors (Lipinski definition) is 2. The van der Waals surface area contributed by atoms with Crippen LogP contribution in [-0.4, -0.2) is 24.9 Å². The largest absolute Gasteiger partial charge is 0.573 e. The van der Waals surface area contributed by atoms with Gasteiger partial charge in [-0.1, -0.05) is 23.2 Å². The lowest BCUT2D eigenvalue weighted by molar-refractivity contribution is -0.274. The number of hydrazine groups is 2. The normalized spacial score (nSPS) is 14.1. The van der Waals surface area contributed by atoms with Crippen molar-refractivity contribution in [3.8, 4) is 11.9 Å². The van der Waals surface area contributed by atoms with Gasteiger partial charge in [0.25, 0.3) is 5.91 Å². The molecule has 1 atom stereocenters. The van der Waals surface area contributed by atoms with Crippen molar-refractivity contribution in [1.82, 2.24) is 10.9 Å². The Morgan fingerprint density at radius 1 is 1.26 bits per heavy atom. The summed E-state index contributed by atoms with van der Waals surface area (Å²) >= 11 is 11.9. The fourth-order valence-corrected chi connectivity index (χ4v) is 3.38. The smallest absolute Gasteiger partial charge is 0.406 e. The zero-order valence-electron chi connectivity index (χ0n) is 15.6. The molecular weight excluding hydrogens is 465 g/mol. The maximum absolute atomic E-state index is 14.6. The summed E-state index contributed by atoms with van der Waals surface area (Å²) in [6.07, 6.45) is -3.03. The third kappa shape index (κ3) is 4.87. The maximum Gasteiger partial charge on any atom is 0.573 e. The Balaban J connectivity index is 1.70. The fourth-order valence-electron chi connectivity index (χ4n) is 2.85. The average molecular weight is 478 g/mol. The number of fused-ring (bicyclic) bond motifs is 1. The second kappa shape index (κ2) is 8.66. The maximum atomic E-state index is 14.6. The number of nitrogens with one attached hydrogen (secondary N) is 2. The number of rotatable bonds is 5. The van der Waals surface area contributed by atoms with Gasteiger partial charge in [-0.3, -0.25) is 9.80 Å². The number of carbonyl (C=O) groups excluding carboxylic acids is 1. The van der Waals surface area contributed by atoms with Crippen LogP contribution in [0.3, 0.4) is 0 Å². The van der Waals surface area contributed by atoms with Gasteiger partial charge in [0.2, 0.25) is 6.19 Å². The quantitative estimate of drug-likeness (QED) is 0.378. The van der Waals surface area contributed by atoms with Crippen LogP contribution >= 0.6 is 23.2 Å². The molecule has 164 valence electrons. The number of nitrogens with zero attached hydrogens (tertiary/aromatic N) is 3. The number of hydrogen-bond acceptors (Lipinski definition) is 6. The zero-order chi connectivity index (χ0) is 22.9. The number of amides is 1. The van der Waals surface area contributed by atoms with Crippen LogP contribution in [0, 0.1) is 17.3 Å². The monoisotopic (exact) mass is 477 g/mol. The highest BCUT2D eigenvalue weighted by Gasteiger charge is 2.36. The third-order valence-corrected chi connectivity index (χ3v) is 4.81. The predicted molar refractivity (Wildman–Crippen MR) is 105 cm³/mol. The van der Waals surface area contributed by atoms with Crippen molar-refractivity contribution in [2.75, 3.05) is 16.6 Å². The molecule has 2 aromatic carbocycles. The summed E-state index contributed by atoms with van der Waals surface area (Å²) in [5.74, 6) is -1.84. The van der Waals surface area contributed by atoms with E-state index in [4.69, 9.17) is 23.2 Å². The first-order valence-electron chi connectivity index (χ1n) is 8.58. The van der Waals surface area contributed by atoms with Crippen molar-refractivity contribution in [3.05, 3.63) is 51.8 Å². The van der Waals surface area contributed by atoms with E-state index >= 15 is 0 Å². The summed E-state index contributed by atoms with van der Waals surface area (Å²) in [7, 11) is 0. The molecule has 0 saturated carbocycles. The molecule has 2 aromatic rings. The lowest BCUT2D eigenvalue weighted by Gasteiger charge is -2.27. The molecule has 0 fully saturated rings. The summed E-state index contributed by atoms with van der Waals surface area (Å²) in [5.41, 5.74) is 2.76. The molecule has 7 nitrogen and oxygen atoms in total. The van der Waals surface area contributed by atoms with Crippen LogP contribution in [0.15, 0.2) is 30.3 Å². The van der Waals surface area contributed by atoms with E-state index in [9.17, 15) is 27.6 Å². The summed E-state index contributed by atoms with van der Waals surface area (Å²) in [6, 6.07) is 4.94. The molecule has 0 spiro atoms. The van der Waals surface area contributed by atoms with E-state index in [1.54, 1.807) is 6.92 Å². The number of alkyl halides is 3. The van der Waals surface area contributed by atoms with Gasteiger partial charge in [0.1, 0.15) is 17.1 Å². The van der Waals surface area contributed by atoms with E-state index in [-0.39, 0.29) is 33.5 Å². The molecule has 13 heteroatoms. The Morgan fingerprint density at radius 2 is 1.90 bits per heavy atom. The Kier molecular flexibility index (Phi) is 6.35. The summed E-state index contributed by atoms with van der Waals surface area (Å²) in [4.78, 5) is 12.3. The highest BCUT2D eigenvalue weighted by Crippen LogP contribution is 2.44. The third-order valence-electron chi connectivity index (χ3n) is 4.24. The van der Waals surface area contributed by atoms with Gasteiger partial charge in [-0.25, -0.2) is 4.39 Å². The second-order valence-electron chi connectivity index (χ2n) is 6.39. The van der Waals surface area contributed by atoms with Gasteiger partial charge < -0.3 is 10.1 Å². The molecule has 1 aliphatic heterocycles. The molecule has 0 saturated heterocycles. The predicted octanol–water partition coefficient (Wildman–Crippen LogP) is 4.38. The standard InChI is InChI=1S/C18H13Cl2F4N5O2/c1-9(7-26-17(30)10-2-4-11(5-3-10)31-18(22,23)24)29-16-14(21)12(19)6-13(20)15(16)28(8-25)27-29/h2-6,9,27H,7H2,1H3,(H,26,30). The number of anilines is 2. The van der Waals surface area contributed by atoms with Gasteiger partial charge in [-0.05, 0) is 37.3 Å². The Labute approximate surface area is 183 Å². The van der Waals surface area contributed by atoms with Crippen molar-refractivity contribution >= 4 is 40.5 Å². The molecule has 0 aromatic heterocycles. The van der Waals surface area contributed by atoms with E-state index in [0.29, 0.717) is 0 Å². The first-order chi connectivity index (χ1) is 14.5. The molecule has 2 N–H and O–H groups in total. The Morgan fingerprint density at radius 3 is 2.48 bits per heavy atom. The van der Waals surface area contributed by atoms with Crippen LogP contribution < -0.4 is 25.6 Å². The average Bonchev–Trinajstić information content (AvgIpc) is 3.10. The van der Waals surface area contributed by atoms with E-state index < -0.39 is 29.9 Å². The SMILES string of the molecule is CC(CNC(=O)c1ccc(OC(F)(F)F)cc1)N1NN(C#N)c2c(Cl)cc(Cl)c(F)c21. The zero-order valence-corrected chi connectivity index (χ0v) is 17.1. The molecule has 1 amide bonds. The number of ether oxygens (including phenoxy) is 1. The number of benzene rings is 2. The number of nitriles is 1. The highest BCUT2D eigenvalue weighted by molar-refractivity contribution is 6.37. The van der Waals surface area contributed by atoms with Crippen molar-refractivity contribution in [1.29, 1.82) is 5.26 Å². The molecule has 0 radical (unpaired) electrons. The van der Waals surface area contributed by atoms with Crippen LogP contribution in [-0.2, 0) is 0 Å². The molecule has 31 heavy (non-hydrogen) atoms. The minimum absolute atomic E-state index is 0.0189. The van der Waals surface area contributed by atoms with E-state index in [1.165, 1.54) is 23.2 Å². The van der Waals surface area contributed by atoms with Crippen LogP contribution in [0.5, 0.6) is 5.75 Å². The first-order valence-corrected chi connectivity index (χ1v) is 9.34. The lowest BCUT2D eigenvalue weighted by atomic mass is 10.2. The van der Waals surface area contributed by atoms with E-state index in [2.05, 4.69) is 15.6 Å². The van der Waals surface area contributed by atoms with Crippen molar-refractivity contribution < 1.29 is 27.1 Å². The Hall–Kier alpha value is -2.94.